The van der Waals surface area contributed by atoms with Gasteiger partial charge in [0, 0.05) is 30.4 Å². The summed E-state index contributed by atoms with van der Waals surface area (Å²) in [7, 11) is 0. The van der Waals surface area contributed by atoms with E-state index in [4.69, 9.17) is 11.6 Å². The van der Waals surface area contributed by atoms with E-state index < -0.39 is 0 Å². The first-order valence-corrected chi connectivity index (χ1v) is 7.06. The van der Waals surface area contributed by atoms with Crippen LogP contribution in [0.5, 0.6) is 0 Å². The van der Waals surface area contributed by atoms with Crippen LogP contribution in [0.25, 0.3) is 0 Å². The molecule has 19 heavy (non-hydrogen) atoms. The first-order chi connectivity index (χ1) is 9.20. The molecule has 0 saturated carbocycles. The number of aromatic nitrogens is 2. The Morgan fingerprint density at radius 3 is 2.74 bits per heavy atom. The van der Waals surface area contributed by atoms with Crippen LogP contribution in [0.2, 0.25) is 5.02 Å². The van der Waals surface area contributed by atoms with Gasteiger partial charge in [0.25, 0.3) is 0 Å². The molecule has 1 aromatic heterocycles. The third-order valence-electron chi connectivity index (χ3n) is 3.22. The number of nitrogens with zero attached hydrogens (tertiary/aromatic N) is 2. The zero-order valence-electron chi connectivity index (χ0n) is 11.4. The molecule has 0 bridgehead atoms. The lowest BCUT2D eigenvalue weighted by atomic mass is 10.1. The third-order valence-corrected chi connectivity index (χ3v) is 3.47. The summed E-state index contributed by atoms with van der Waals surface area (Å²) >= 11 is 5.90. The van der Waals surface area contributed by atoms with Crippen LogP contribution < -0.4 is 5.32 Å². The molecule has 0 unspecified atom stereocenters. The molecule has 1 N–H and O–H groups in total. The number of aryl methyl sites for hydroxylation is 1. The summed E-state index contributed by atoms with van der Waals surface area (Å²) in [5.41, 5.74) is 2.47. The van der Waals surface area contributed by atoms with E-state index in [1.54, 1.807) is 0 Å². The molecular formula is C15H20ClN3. The average molecular weight is 278 g/mol. The van der Waals surface area contributed by atoms with Gasteiger partial charge >= 0.3 is 0 Å². The predicted molar refractivity (Wildman–Crippen MR) is 79.2 cm³/mol. The summed E-state index contributed by atoms with van der Waals surface area (Å²) in [6, 6.07) is 8.27. The highest BCUT2D eigenvalue weighted by Gasteiger charge is 2.07. The van der Waals surface area contributed by atoms with Crippen molar-refractivity contribution in [1.82, 2.24) is 14.9 Å². The molecule has 4 heteroatoms. The van der Waals surface area contributed by atoms with Crippen molar-refractivity contribution in [3.8, 4) is 0 Å². The van der Waals surface area contributed by atoms with Gasteiger partial charge in [0.2, 0.25) is 0 Å². The first-order valence-electron chi connectivity index (χ1n) is 6.68. The molecule has 2 rings (SSSR count). The van der Waals surface area contributed by atoms with Crippen LogP contribution in [0.3, 0.4) is 0 Å². The number of hydrogen-bond acceptors (Lipinski definition) is 2. The van der Waals surface area contributed by atoms with Crippen molar-refractivity contribution in [2.24, 2.45) is 0 Å². The predicted octanol–water partition coefficient (Wildman–Crippen LogP) is 3.80. The Kier molecular flexibility index (Phi) is 5.00. The van der Waals surface area contributed by atoms with Crippen molar-refractivity contribution in [3.05, 3.63) is 53.1 Å². The topological polar surface area (TPSA) is 29.9 Å². The van der Waals surface area contributed by atoms with Gasteiger partial charge in [0.15, 0.2) is 0 Å². The summed E-state index contributed by atoms with van der Waals surface area (Å²) in [4.78, 5) is 4.21. The second-order valence-corrected chi connectivity index (χ2v) is 5.17. The molecular weight excluding hydrogens is 258 g/mol. The standard InChI is InChI=1S/C15H20ClN3/c1-3-8-19-11-17-9-15(19)10-18-12(2)13-4-6-14(16)7-5-13/h4-7,9,11-12,18H,3,8,10H2,1-2H3/t12-/m0/s1. The average Bonchev–Trinajstić information content (AvgIpc) is 2.85. The summed E-state index contributed by atoms with van der Waals surface area (Å²) in [6.07, 6.45) is 4.95. The van der Waals surface area contributed by atoms with E-state index in [2.05, 4.69) is 40.8 Å². The Bertz CT molecular complexity index is 504. The molecule has 3 nitrogen and oxygen atoms in total. The van der Waals surface area contributed by atoms with Crippen molar-refractivity contribution in [2.45, 2.75) is 39.4 Å². The molecule has 0 amide bonds. The van der Waals surface area contributed by atoms with E-state index in [9.17, 15) is 0 Å². The number of nitrogens with one attached hydrogen (secondary N) is 1. The van der Waals surface area contributed by atoms with Gasteiger partial charge in [-0.25, -0.2) is 4.98 Å². The van der Waals surface area contributed by atoms with Crippen LogP contribution >= 0.6 is 11.6 Å². The lowest BCUT2D eigenvalue weighted by Gasteiger charge is -2.15. The van der Waals surface area contributed by atoms with E-state index in [1.165, 1.54) is 11.3 Å². The lowest BCUT2D eigenvalue weighted by Crippen LogP contribution is -2.20. The van der Waals surface area contributed by atoms with Crippen molar-refractivity contribution < 1.29 is 0 Å². The molecule has 0 aliphatic carbocycles. The van der Waals surface area contributed by atoms with Crippen LogP contribution in [0.15, 0.2) is 36.8 Å². The minimum Gasteiger partial charge on any atom is -0.333 e. The van der Waals surface area contributed by atoms with Gasteiger partial charge in [-0.3, -0.25) is 0 Å². The zero-order valence-corrected chi connectivity index (χ0v) is 12.2. The van der Waals surface area contributed by atoms with Gasteiger partial charge in [-0.1, -0.05) is 30.7 Å². The molecule has 0 fully saturated rings. The largest absolute Gasteiger partial charge is 0.333 e. The van der Waals surface area contributed by atoms with Crippen molar-refractivity contribution in [3.63, 3.8) is 0 Å². The number of benzene rings is 1. The summed E-state index contributed by atoms with van der Waals surface area (Å²) in [5, 5.41) is 4.29. The minimum absolute atomic E-state index is 0.294. The zero-order chi connectivity index (χ0) is 13.7. The molecule has 0 radical (unpaired) electrons. The van der Waals surface area contributed by atoms with E-state index >= 15 is 0 Å². The second kappa shape index (κ2) is 6.73. The van der Waals surface area contributed by atoms with Crippen LogP contribution in [-0.4, -0.2) is 9.55 Å². The highest BCUT2D eigenvalue weighted by Crippen LogP contribution is 2.16. The maximum atomic E-state index is 5.90. The van der Waals surface area contributed by atoms with Crippen LogP contribution in [0, 0.1) is 0 Å². The van der Waals surface area contributed by atoms with Crippen molar-refractivity contribution >= 4 is 11.6 Å². The molecule has 1 aromatic carbocycles. The Hall–Kier alpha value is -1.32. The number of rotatable bonds is 6. The van der Waals surface area contributed by atoms with Crippen molar-refractivity contribution in [1.29, 1.82) is 0 Å². The number of imidazole rings is 1. The van der Waals surface area contributed by atoms with Gasteiger partial charge in [-0.2, -0.15) is 0 Å². The van der Waals surface area contributed by atoms with Gasteiger partial charge in [0.1, 0.15) is 0 Å². The quantitative estimate of drug-likeness (QED) is 0.870. The van der Waals surface area contributed by atoms with E-state index in [1.807, 2.05) is 24.7 Å². The molecule has 102 valence electrons. The molecule has 0 aliphatic rings. The smallest absolute Gasteiger partial charge is 0.0948 e. The fourth-order valence-corrected chi connectivity index (χ4v) is 2.19. The normalized spacial score (nSPS) is 12.6. The monoisotopic (exact) mass is 277 g/mol. The fourth-order valence-electron chi connectivity index (χ4n) is 2.06. The number of hydrogen-bond donors (Lipinski definition) is 1. The van der Waals surface area contributed by atoms with E-state index in [-0.39, 0.29) is 0 Å². The maximum absolute atomic E-state index is 5.90. The Morgan fingerprint density at radius 2 is 2.05 bits per heavy atom. The van der Waals surface area contributed by atoms with Gasteiger partial charge in [-0.15, -0.1) is 0 Å². The fraction of sp³-hybridized carbons (Fsp3) is 0.400. The summed E-state index contributed by atoms with van der Waals surface area (Å²) in [5.74, 6) is 0. The molecule has 0 saturated heterocycles. The Balaban J connectivity index is 1.94. The minimum atomic E-state index is 0.294. The third kappa shape index (κ3) is 3.82. The Morgan fingerprint density at radius 1 is 1.32 bits per heavy atom. The lowest BCUT2D eigenvalue weighted by molar-refractivity contribution is 0.541. The SMILES string of the molecule is CCCn1cncc1CN[C@@H](C)c1ccc(Cl)cc1. The van der Waals surface area contributed by atoms with Gasteiger partial charge in [-0.05, 0) is 31.0 Å². The Labute approximate surface area is 119 Å². The van der Waals surface area contributed by atoms with Gasteiger partial charge < -0.3 is 9.88 Å². The van der Waals surface area contributed by atoms with Crippen LogP contribution in [0.4, 0.5) is 0 Å². The van der Waals surface area contributed by atoms with E-state index in [0.29, 0.717) is 6.04 Å². The summed E-state index contributed by atoms with van der Waals surface area (Å²) in [6.45, 7) is 6.17. The highest BCUT2D eigenvalue weighted by molar-refractivity contribution is 6.30. The van der Waals surface area contributed by atoms with Crippen molar-refractivity contribution in [2.75, 3.05) is 0 Å². The maximum Gasteiger partial charge on any atom is 0.0948 e. The molecule has 2 aromatic rings. The molecule has 1 atom stereocenters. The molecule has 0 aliphatic heterocycles. The number of halogens is 1. The van der Waals surface area contributed by atoms with Crippen LogP contribution in [0.1, 0.15) is 37.6 Å². The second-order valence-electron chi connectivity index (χ2n) is 4.73. The molecule has 1 heterocycles. The van der Waals surface area contributed by atoms with Crippen LogP contribution in [-0.2, 0) is 13.1 Å². The molecule has 0 spiro atoms. The highest BCUT2D eigenvalue weighted by atomic mass is 35.5. The first kappa shape index (κ1) is 14.1. The summed E-state index contributed by atoms with van der Waals surface area (Å²) < 4.78 is 2.20. The van der Waals surface area contributed by atoms with Gasteiger partial charge in [0.05, 0.1) is 12.0 Å². The van der Waals surface area contributed by atoms with E-state index in [0.717, 1.165) is 24.5 Å².